The summed E-state index contributed by atoms with van der Waals surface area (Å²) in [6.07, 6.45) is 6.52. The molecule has 1 aliphatic heterocycles. The largest absolute Gasteiger partial charge is 0.512 e. The van der Waals surface area contributed by atoms with Gasteiger partial charge < -0.3 is 5.11 Å². The van der Waals surface area contributed by atoms with Gasteiger partial charge in [-0.15, -0.1) is 34.9 Å². The van der Waals surface area contributed by atoms with Crippen molar-refractivity contribution in [2.24, 2.45) is 10.8 Å². The molecule has 0 bridgehead atoms. The van der Waals surface area contributed by atoms with Gasteiger partial charge in [0.1, 0.15) is 12.1 Å². The van der Waals surface area contributed by atoms with Crippen molar-refractivity contribution in [3.8, 4) is 11.3 Å². The van der Waals surface area contributed by atoms with E-state index in [1.165, 1.54) is 39.5 Å². The molecule has 239 valence electrons. The normalized spacial score (nSPS) is 16.1. The number of aryl methyl sites for hydroxylation is 2. The number of ketones is 1. The molecule has 0 unspecified atom stereocenters. The Kier molecular flexibility index (Phi) is 12.6. The van der Waals surface area contributed by atoms with E-state index in [4.69, 9.17) is 9.97 Å². The Morgan fingerprint density at radius 2 is 1.51 bits per heavy atom. The summed E-state index contributed by atoms with van der Waals surface area (Å²) in [4.78, 5) is 21.7. The Hall–Kier alpha value is -1.45. The molecule has 43 heavy (non-hydrogen) atoms. The molecule has 0 amide bonds. The van der Waals surface area contributed by atoms with Crippen LogP contribution in [0.4, 0.5) is 0 Å². The molecule has 3 heterocycles. The van der Waals surface area contributed by atoms with Crippen molar-refractivity contribution in [1.82, 2.24) is 9.97 Å². The fourth-order valence-corrected chi connectivity index (χ4v) is 19.2. The van der Waals surface area contributed by atoms with Crippen molar-refractivity contribution in [3.05, 3.63) is 47.5 Å². The summed E-state index contributed by atoms with van der Waals surface area (Å²) >= 11 is 1.99. The number of benzene rings is 1. The zero-order chi connectivity index (χ0) is 31.7. The van der Waals surface area contributed by atoms with Gasteiger partial charge in [-0.2, -0.15) is 11.3 Å². The molecule has 1 aliphatic rings. The Balaban J connectivity index is 0.000000318. The molecule has 1 aromatic carbocycles. The SMILES string of the molecule is CCC(C)(CC)C(=O)/C=C(\O)C(C)(CC)CC.Cc1[c-]c(-c2ncnc3c4c(sc23)[Si](C)(C)CC[Si]4(C)C)cc(C)c1.[Ir]. The quantitative estimate of drug-likeness (QED) is 0.107. The number of aliphatic hydroxyl groups excluding tert-OH is 1. The number of rotatable bonds is 8. The zero-order valence-corrected chi connectivity index (χ0v) is 33.8. The van der Waals surface area contributed by atoms with Crippen LogP contribution < -0.4 is 9.69 Å². The number of hydrogen-bond donors (Lipinski definition) is 1. The van der Waals surface area contributed by atoms with Gasteiger partial charge in [-0.25, -0.2) is 4.98 Å². The number of fused-ring (bicyclic) bond motifs is 3. The third kappa shape index (κ3) is 7.86. The van der Waals surface area contributed by atoms with Gasteiger partial charge in [-0.05, 0) is 35.4 Å². The first kappa shape index (κ1) is 37.7. The van der Waals surface area contributed by atoms with E-state index in [0.29, 0.717) is 0 Å². The van der Waals surface area contributed by atoms with Crippen molar-refractivity contribution in [3.63, 3.8) is 0 Å². The topological polar surface area (TPSA) is 63.1 Å². The van der Waals surface area contributed by atoms with Crippen molar-refractivity contribution in [2.45, 2.75) is 119 Å². The molecule has 3 aromatic rings. The summed E-state index contributed by atoms with van der Waals surface area (Å²) in [6, 6.07) is 10.7. The van der Waals surface area contributed by atoms with Crippen LogP contribution in [-0.2, 0) is 24.9 Å². The Morgan fingerprint density at radius 3 is 2.05 bits per heavy atom. The number of carbonyl (C=O) groups is 1. The second-order valence-electron chi connectivity index (χ2n) is 14.2. The Labute approximate surface area is 280 Å². The van der Waals surface area contributed by atoms with Crippen LogP contribution in [0.15, 0.2) is 30.3 Å². The molecule has 8 heteroatoms. The van der Waals surface area contributed by atoms with Gasteiger partial charge in [0.25, 0.3) is 0 Å². The van der Waals surface area contributed by atoms with Gasteiger partial charge >= 0.3 is 0 Å². The van der Waals surface area contributed by atoms with E-state index in [0.717, 1.165) is 36.9 Å². The number of carbonyl (C=O) groups excluding carboxylic acids is 1. The molecule has 1 N–H and O–H groups in total. The van der Waals surface area contributed by atoms with Crippen LogP contribution in [0.5, 0.6) is 0 Å². The van der Waals surface area contributed by atoms with Crippen molar-refractivity contribution >= 4 is 53.2 Å². The molecule has 4 nitrogen and oxygen atoms in total. The smallest absolute Gasteiger partial charge is 0.164 e. The van der Waals surface area contributed by atoms with Crippen LogP contribution in [0.25, 0.3) is 21.5 Å². The first-order valence-corrected chi connectivity index (χ1v) is 23.0. The third-order valence-corrected chi connectivity index (χ3v) is 20.4. The number of nitrogens with zero attached hydrogens (tertiary/aromatic N) is 2. The van der Waals surface area contributed by atoms with Gasteiger partial charge in [0.2, 0.25) is 0 Å². The van der Waals surface area contributed by atoms with Crippen LogP contribution in [-0.4, -0.2) is 37.0 Å². The summed E-state index contributed by atoms with van der Waals surface area (Å²) in [5, 5.41) is 11.8. The first-order chi connectivity index (χ1) is 19.5. The standard InChI is InChI=1S/C20H25N2SSi2.C15H28O2.Ir/c1-13-9-14(2)11-15(10-13)16-18-17(22-12-21-16)19-20(23-18)25(5,6)8-7-24(19,3)4;1-7-14(5,8-2)12(16)11-13(17)15(6,9-3)10-4;/h9-10,12H,7-8H2,1-6H3;11,16H,7-10H2,1-6H3;/q-1;;/b;12-11-;. The van der Waals surface area contributed by atoms with E-state index >= 15 is 0 Å². The summed E-state index contributed by atoms with van der Waals surface area (Å²) in [5.74, 6) is 0.286. The number of allylic oxidation sites excluding steroid dienone is 2. The maximum atomic E-state index is 12.2. The van der Waals surface area contributed by atoms with Gasteiger partial charge in [0, 0.05) is 47.4 Å². The number of aromatic nitrogens is 2. The van der Waals surface area contributed by atoms with Crippen LogP contribution in [0.3, 0.4) is 0 Å². The number of thiophene rings is 1. The van der Waals surface area contributed by atoms with Gasteiger partial charge in [-0.1, -0.05) is 93.7 Å². The molecule has 4 rings (SSSR count). The summed E-state index contributed by atoms with van der Waals surface area (Å²) in [5.41, 5.74) is 5.27. The average molecular weight is 814 g/mol. The number of aliphatic hydroxyl groups is 1. The zero-order valence-electron chi connectivity index (χ0n) is 28.5. The maximum Gasteiger partial charge on any atom is 0.164 e. The fourth-order valence-electron chi connectivity index (χ4n) is 5.78. The average Bonchev–Trinajstić information content (AvgIpc) is 3.37. The van der Waals surface area contributed by atoms with Crippen molar-refractivity contribution in [2.75, 3.05) is 0 Å². The molecule has 0 fully saturated rings. The molecule has 2 aromatic heterocycles. The predicted molar refractivity (Wildman–Crippen MR) is 188 cm³/mol. The molecular formula is C35H53IrN2O2SSi2-. The van der Waals surface area contributed by atoms with E-state index in [1.54, 1.807) is 16.0 Å². The number of hydrogen-bond acceptors (Lipinski definition) is 5. The minimum absolute atomic E-state index is 0. The predicted octanol–water partition coefficient (Wildman–Crippen LogP) is 9.27. The Morgan fingerprint density at radius 1 is 0.953 bits per heavy atom. The molecule has 0 atom stereocenters. The minimum atomic E-state index is -1.41. The monoisotopic (exact) mass is 814 g/mol. The summed E-state index contributed by atoms with van der Waals surface area (Å²) in [6.45, 7) is 26.4. The van der Waals surface area contributed by atoms with E-state index in [9.17, 15) is 9.90 Å². The van der Waals surface area contributed by atoms with Crippen LogP contribution >= 0.6 is 11.3 Å². The molecule has 1 radical (unpaired) electrons. The van der Waals surface area contributed by atoms with Gasteiger partial charge in [0.15, 0.2) is 5.78 Å². The summed E-state index contributed by atoms with van der Waals surface area (Å²) < 4.78 is 2.98. The summed E-state index contributed by atoms with van der Waals surface area (Å²) in [7, 11) is -2.77. The van der Waals surface area contributed by atoms with Crippen molar-refractivity contribution < 1.29 is 30.0 Å². The molecule has 0 spiro atoms. The molecule has 0 saturated carbocycles. The molecule has 0 aliphatic carbocycles. The second kappa shape index (κ2) is 14.3. The fraction of sp³-hybridized carbons (Fsp3) is 0.571. The third-order valence-electron chi connectivity index (χ3n) is 10.1. The van der Waals surface area contributed by atoms with Crippen LogP contribution in [0, 0.1) is 30.7 Å². The second-order valence-corrected chi connectivity index (χ2v) is 25.1. The minimum Gasteiger partial charge on any atom is -0.512 e. The maximum absolute atomic E-state index is 12.2. The van der Waals surface area contributed by atoms with Crippen LogP contribution in [0.2, 0.25) is 38.3 Å². The molecule has 0 saturated heterocycles. The van der Waals surface area contributed by atoms with E-state index < -0.39 is 16.1 Å². The van der Waals surface area contributed by atoms with E-state index in [1.807, 2.05) is 52.9 Å². The van der Waals surface area contributed by atoms with Crippen molar-refractivity contribution in [1.29, 1.82) is 0 Å². The molecular weight excluding hydrogens is 761 g/mol. The van der Waals surface area contributed by atoms with E-state index in [-0.39, 0.29) is 42.5 Å². The van der Waals surface area contributed by atoms with Gasteiger partial charge in [-0.3, -0.25) is 9.78 Å². The van der Waals surface area contributed by atoms with Gasteiger partial charge in [0.05, 0.1) is 21.7 Å². The van der Waals surface area contributed by atoms with Crippen LogP contribution in [0.1, 0.15) is 78.4 Å². The first-order valence-electron chi connectivity index (χ1n) is 15.7. The Bertz CT molecular complexity index is 1450. The van der Waals surface area contributed by atoms with E-state index in [2.05, 4.69) is 58.2 Å².